The fourth-order valence-electron chi connectivity index (χ4n) is 1.98. The van der Waals surface area contributed by atoms with Crippen LogP contribution >= 0.6 is 0 Å². The number of benzene rings is 2. The third-order valence-electron chi connectivity index (χ3n) is 3.13. The van der Waals surface area contributed by atoms with Crippen molar-refractivity contribution in [2.24, 2.45) is 4.99 Å². The molecule has 1 amide bonds. The Morgan fingerprint density at radius 1 is 1.08 bits per heavy atom. The zero-order valence-corrected chi connectivity index (χ0v) is 14.2. The molecule has 0 saturated carbocycles. The quantitative estimate of drug-likeness (QED) is 0.794. The Hall–Kier alpha value is -2.82. The van der Waals surface area contributed by atoms with Gasteiger partial charge in [-0.3, -0.25) is 9.79 Å². The molecule has 0 radical (unpaired) electrons. The highest BCUT2D eigenvalue weighted by Gasteiger charge is 2.04. The topological polar surface area (TPSA) is 59.9 Å². The second-order valence-corrected chi connectivity index (χ2v) is 5.54. The molecule has 0 spiro atoms. The predicted molar refractivity (Wildman–Crippen MR) is 95.5 cm³/mol. The molecule has 0 aliphatic carbocycles. The summed E-state index contributed by atoms with van der Waals surface area (Å²) >= 11 is 0. The molecule has 24 heavy (non-hydrogen) atoms. The van der Waals surface area contributed by atoms with E-state index in [4.69, 9.17) is 9.47 Å². The van der Waals surface area contributed by atoms with Gasteiger partial charge in [0.25, 0.3) is 5.91 Å². The largest absolute Gasteiger partial charge is 0.497 e. The second-order valence-electron chi connectivity index (χ2n) is 5.54. The number of carbonyl (C=O) groups is 1. The summed E-state index contributed by atoms with van der Waals surface area (Å²) in [4.78, 5) is 15.9. The first kappa shape index (κ1) is 17.5. The Bertz CT molecular complexity index is 677. The number of amides is 1. The van der Waals surface area contributed by atoms with Crippen LogP contribution in [0.2, 0.25) is 0 Å². The molecule has 0 aromatic heterocycles. The minimum Gasteiger partial charge on any atom is -0.497 e. The molecular formula is C19H22N2O3. The number of carbonyl (C=O) groups excluding carboxylic acids is 1. The normalized spacial score (nSPS) is 10.8. The van der Waals surface area contributed by atoms with Gasteiger partial charge >= 0.3 is 0 Å². The van der Waals surface area contributed by atoms with Crippen molar-refractivity contribution in [3.05, 3.63) is 54.1 Å². The minimum atomic E-state index is -0.129. The first-order valence-corrected chi connectivity index (χ1v) is 7.77. The Morgan fingerprint density at radius 2 is 1.71 bits per heavy atom. The van der Waals surface area contributed by atoms with E-state index in [2.05, 4.69) is 10.3 Å². The van der Waals surface area contributed by atoms with Gasteiger partial charge in [-0.1, -0.05) is 0 Å². The van der Waals surface area contributed by atoms with Crippen LogP contribution in [0.25, 0.3) is 0 Å². The van der Waals surface area contributed by atoms with Crippen LogP contribution in [0.1, 0.15) is 19.4 Å². The van der Waals surface area contributed by atoms with Crippen molar-refractivity contribution < 1.29 is 14.3 Å². The summed E-state index contributed by atoms with van der Waals surface area (Å²) in [5.41, 5.74) is 1.80. The Balaban J connectivity index is 1.89. The van der Waals surface area contributed by atoms with E-state index in [-0.39, 0.29) is 18.6 Å². The van der Waals surface area contributed by atoms with Crippen molar-refractivity contribution in [1.29, 1.82) is 0 Å². The molecule has 126 valence electrons. The smallest absolute Gasteiger partial charge is 0.258 e. The van der Waals surface area contributed by atoms with E-state index >= 15 is 0 Å². The molecule has 2 rings (SSSR count). The van der Waals surface area contributed by atoms with E-state index in [9.17, 15) is 4.79 Å². The van der Waals surface area contributed by atoms with Crippen LogP contribution in [-0.2, 0) is 4.79 Å². The molecule has 2 aromatic rings. The SMILES string of the molecule is COc1ccc(N=Cc2ccc(OCC(=O)NC(C)C)cc2)cc1. The van der Waals surface area contributed by atoms with Gasteiger partial charge in [0, 0.05) is 12.3 Å². The Morgan fingerprint density at radius 3 is 2.29 bits per heavy atom. The van der Waals surface area contributed by atoms with Gasteiger partial charge in [0.05, 0.1) is 12.8 Å². The number of hydrogen-bond donors (Lipinski definition) is 1. The average Bonchev–Trinajstić information content (AvgIpc) is 2.59. The lowest BCUT2D eigenvalue weighted by atomic mass is 10.2. The Kier molecular flexibility index (Phi) is 6.37. The van der Waals surface area contributed by atoms with E-state index in [1.54, 1.807) is 13.3 Å². The highest BCUT2D eigenvalue weighted by atomic mass is 16.5. The summed E-state index contributed by atoms with van der Waals surface area (Å²) in [5, 5.41) is 2.78. The number of hydrogen-bond acceptors (Lipinski definition) is 4. The maximum atomic E-state index is 11.5. The summed E-state index contributed by atoms with van der Waals surface area (Å²) in [5.74, 6) is 1.32. The van der Waals surface area contributed by atoms with E-state index in [1.807, 2.05) is 62.4 Å². The van der Waals surface area contributed by atoms with Crippen molar-refractivity contribution >= 4 is 17.8 Å². The van der Waals surface area contributed by atoms with Gasteiger partial charge in [-0.05, 0) is 67.9 Å². The van der Waals surface area contributed by atoms with Crippen molar-refractivity contribution in [2.75, 3.05) is 13.7 Å². The molecule has 0 saturated heterocycles. The minimum absolute atomic E-state index is 0.0114. The number of nitrogens with zero attached hydrogens (tertiary/aromatic N) is 1. The maximum Gasteiger partial charge on any atom is 0.258 e. The van der Waals surface area contributed by atoms with Crippen LogP contribution < -0.4 is 14.8 Å². The molecule has 5 nitrogen and oxygen atoms in total. The predicted octanol–water partition coefficient (Wildman–Crippen LogP) is 3.35. The number of ether oxygens (including phenoxy) is 2. The lowest BCUT2D eigenvalue weighted by Gasteiger charge is -2.09. The zero-order chi connectivity index (χ0) is 17.4. The van der Waals surface area contributed by atoms with Gasteiger partial charge in [0.15, 0.2) is 6.61 Å². The summed E-state index contributed by atoms with van der Waals surface area (Å²) in [6, 6.07) is 15.0. The molecule has 0 heterocycles. The molecule has 0 unspecified atom stereocenters. The third-order valence-corrected chi connectivity index (χ3v) is 3.13. The van der Waals surface area contributed by atoms with Gasteiger partial charge in [-0.25, -0.2) is 0 Å². The van der Waals surface area contributed by atoms with Crippen LogP contribution in [0, 0.1) is 0 Å². The number of aliphatic imine (C=N–C) groups is 1. The summed E-state index contributed by atoms with van der Waals surface area (Å²) in [6.07, 6.45) is 1.77. The zero-order valence-electron chi connectivity index (χ0n) is 14.2. The van der Waals surface area contributed by atoms with Crippen LogP contribution in [0.5, 0.6) is 11.5 Å². The van der Waals surface area contributed by atoms with Gasteiger partial charge in [0.1, 0.15) is 11.5 Å². The maximum absolute atomic E-state index is 11.5. The molecule has 0 aliphatic rings. The summed E-state index contributed by atoms with van der Waals surface area (Å²) in [7, 11) is 1.63. The van der Waals surface area contributed by atoms with Gasteiger partial charge in [-0.15, -0.1) is 0 Å². The Labute approximate surface area is 142 Å². The number of methoxy groups -OCH3 is 1. The van der Waals surface area contributed by atoms with E-state index in [1.165, 1.54) is 0 Å². The second kappa shape index (κ2) is 8.72. The first-order valence-electron chi connectivity index (χ1n) is 7.77. The van der Waals surface area contributed by atoms with Crippen LogP contribution in [-0.4, -0.2) is 31.9 Å². The first-order chi connectivity index (χ1) is 11.6. The molecule has 1 N–H and O–H groups in total. The average molecular weight is 326 g/mol. The molecule has 0 atom stereocenters. The fraction of sp³-hybridized carbons (Fsp3) is 0.263. The summed E-state index contributed by atoms with van der Waals surface area (Å²) in [6.45, 7) is 3.83. The highest BCUT2D eigenvalue weighted by molar-refractivity contribution is 5.82. The van der Waals surface area contributed by atoms with Crippen LogP contribution in [0.15, 0.2) is 53.5 Å². The van der Waals surface area contributed by atoms with Crippen molar-refractivity contribution in [1.82, 2.24) is 5.32 Å². The molecule has 0 fully saturated rings. The fourth-order valence-corrected chi connectivity index (χ4v) is 1.98. The van der Waals surface area contributed by atoms with Gasteiger partial charge in [-0.2, -0.15) is 0 Å². The van der Waals surface area contributed by atoms with E-state index in [0.717, 1.165) is 17.0 Å². The van der Waals surface area contributed by atoms with E-state index < -0.39 is 0 Å². The number of rotatable bonds is 7. The van der Waals surface area contributed by atoms with Crippen molar-refractivity contribution in [2.45, 2.75) is 19.9 Å². The van der Waals surface area contributed by atoms with Crippen LogP contribution in [0.3, 0.4) is 0 Å². The van der Waals surface area contributed by atoms with Crippen molar-refractivity contribution in [3.8, 4) is 11.5 Å². The third kappa shape index (κ3) is 5.76. The lowest BCUT2D eigenvalue weighted by Crippen LogP contribution is -2.34. The number of nitrogens with one attached hydrogen (secondary N) is 1. The molecule has 2 aromatic carbocycles. The molecule has 5 heteroatoms. The van der Waals surface area contributed by atoms with Crippen molar-refractivity contribution in [3.63, 3.8) is 0 Å². The monoisotopic (exact) mass is 326 g/mol. The molecule has 0 aliphatic heterocycles. The van der Waals surface area contributed by atoms with Gasteiger partial charge < -0.3 is 14.8 Å². The lowest BCUT2D eigenvalue weighted by molar-refractivity contribution is -0.123. The molecule has 0 bridgehead atoms. The standard InChI is InChI=1S/C19H22N2O3/c1-14(2)21-19(22)13-24-18-8-4-15(5-9-18)12-20-16-6-10-17(23-3)11-7-16/h4-12,14H,13H2,1-3H3,(H,21,22). The summed E-state index contributed by atoms with van der Waals surface area (Å²) < 4.78 is 10.6. The van der Waals surface area contributed by atoms with Crippen LogP contribution in [0.4, 0.5) is 5.69 Å². The highest BCUT2D eigenvalue weighted by Crippen LogP contribution is 2.18. The molecular weight excluding hydrogens is 304 g/mol. The van der Waals surface area contributed by atoms with Gasteiger partial charge in [0.2, 0.25) is 0 Å². The van der Waals surface area contributed by atoms with E-state index in [0.29, 0.717) is 5.75 Å².